The lowest BCUT2D eigenvalue weighted by atomic mass is 10.0. The number of amides is 1. The minimum Gasteiger partial charge on any atom is -0.338 e. The zero-order valence-electron chi connectivity index (χ0n) is 7.60. The molecule has 0 unspecified atom stereocenters. The van der Waals surface area contributed by atoms with Gasteiger partial charge in [0.2, 0.25) is 0 Å². The van der Waals surface area contributed by atoms with Crippen molar-refractivity contribution in [2.75, 3.05) is 13.1 Å². The smallest absolute Gasteiger partial charge is 0.253 e. The van der Waals surface area contributed by atoms with Crippen LogP contribution in [0.5, 0.6) is 0 Å². The number of pyridine rings is 1. The van der Waals surface area contributed by atoms with Gasteiger partial charge < -0.3 is 4.90 Å². The number of nitrogens with zero attached hydrogens (tertiary/aromatic N) is 2. The van der Waals surface area contributed by atoms with E-state index in [-0.39, 0.29) is 5.91 Å². The first-order chi connectivity index (χ1) is 6.27. The Morgan fingerprint density at radius 1 is 1.46 bits per heavy atom. The molecule has 13 heavy (non-hydrogen) atoms. The molecule has 1 saturated heterocycles. The standard InChI is InChI=1S/C10H12N2O/c1-8-6-12(7-8)10(13)9-2-4-11-5-3-9/h2-5,8H,6-7H2,1H3. The molecule has 0 bridgehead atoms. The van der Waals surface area contributed by atoms with Gasteiger partial charge in [-0.05, 0) is 18.1 Å². The number of aromatic nitrogens is 1. The van der Waals surface area contributed by atoms with Gasteiger partial charge in [-0.15, -0.1) is 0 Å². The van der Waals surface area contributed by atoms with Crippen molar-refractivity contribution in [3.63, 3.8) is 0 Å². The van der Waals surface area contributed by atoms with Gasteiger partial charge in [-0.2, -0.15) is 0 Å². The molecule has 1 aromatic heterocycles. The van der Waals surface area contributed by atoms with Crippen LogP contribution in [0.1, 0.15) is 17.3 Å². The Hall–Kier alpha value is -1.38. The average Bonchev–Trinajstić information content (AvgIpc) is 2.13. The molecule has 0 aliphatic carbocycles. The van der Waals surface area contributed by atoms with Gasteiger partial charge in [-0.1, -0.05) is 6.92 Å². The lowest BCUT2D eigenvalue weighted by Crippen LogP contribution is -2.48. The zero-order chi connectivity index (χ0) is 9.26. The fourth-order valence-corrected chi connectivity index (χ4v) is 1.54. The van der Waals surface area contributed by atoms with Gasteiger partial charge >= 0.3 is 0 Å². The first-order valence-electron chi connectivity index (χ1n) is 4.46. The van der Waals surface area contributed by atoms with Crippen molar-refractivity contribution < 1.29 is 4.79 Å². The molecule has 2 rings (SSSR count). The summed E-state index contributed by atoms with van der Waals surface area (Å²) in [5, 5.41) is 0. The van der Waals surface area contributed by atoms with Crippen LogP contribution >= 0.6 is 0 Å². The van der Waals surface area contributed by atoms with Crippen LogP contribution in [0, 0.1) is 5.92 Å². The Morgan fingerprint density at radius 3 is 2.62 bits per heavy atom. The molecule has 2 heterocycles. The Balaban J connectivity index is 2.06. The molecule has 1 aliphatic heterocycles. The van der Waals surface area contributed by atoms with Crippen molar-refractivity contribution in [1.82, 2.24) is 9.88 Å². The Bertz CT molecular complexity index is 304. The third-order valence-corrected chi connectivity index (χ3v) is 2.28. The van der Waals surface area contributed by atoms with E-state index in [0.717, 1.165) is 18.7 Å². The lowest BCUT2D eigenvalue weighted by molar-refractivity contribution is 0.0530. The summed E-state index contributed by atoms with van der Waals surface area (Å²) in [6.07, 6.45) is 3.30. The van der Waals surface area contributed by atoms with Gasteiger partial charge in [0.25, 0.3) is 5.91 Å². The van der Waals surface area contributed by atoms with Gasteiger partial charge in [0.15, 0.2) is 0 Å². The molecule has 1 aliphatic rings. The molecule has 1 aromatic rings. The second kappa shape index (κ2) is 3.17. The van der Waals surface area contributed by atoms with Crippen LogP contribution in [0.3, 0.4) is 0 Å². The van der Waals surface area contributed by atoms with Crippen LogP contribution in [0.2, 0.25) is 0 Å². The largest absolute Gasteiger partial charge is 0.338 e. The summed E-state index contributed by atoms with van der Waals surface area (Å²) in [5.74, 6) is 0.784. The van der Waals surface area contributed by atoms with E-state index in [1.54, 1.807) is 24.5 Å². The van der Waals surface area contributed by atoms with E-state index in [1.807, 2.05) is 4.90 Å². The third-order valence-electron chi connectivity index (χ3n) is 2.28. The van der Waals surface area contributed by atoms with Crippen molar-refractivity contribution in [3.8, 4) is 0 Å². The summed E-state index contributed by atoms with van der Waals surface area (Å²) in [4.78, 5) is 17.4. The highest BCUT2D eigenvalue weighted by atomic mass is 16.2. The van der Waals surface area contributed by atoms with E-state index in [2.05, 4.69) is 11.9 Å². The Morgan fingerprint density at radius 2 is 2.08 bits per heavy atom. The minimum absolute atomic E-state index is 0.125. The molecule has 0 saturated carbocycles. The van der Waals surface area contributed by atoms with E-state index in [9.17, 15) is 4.79 Å². The van der Waals surface area contributed by atoms with Crippen LogP contribution in [-0.4, -0.2) is 28.9 Å². The van der Waals surface area contributed by atoms with E-state index in [0.29, 0.717) is 5.92 Å². The molecule has 3 heteroatoms. The van der Waals surface area contributed by atoms with E-state index in [4.69, 9.17) is 0 Å². The Kier molecular flexibility index (Phi) is 2.00. The van der Waals surface area contributed by atoms with Gasteiger partial charge in [-0.25, -0.2) is 0 Å². The van der Waals surface area contributed by atoms with Gasteiger partial charge in [0, 0.05) is 31.0 Å². The quantitative estimate of drug-likeness (QED) is 0.643. The molecule has 0 aromatic carbocycles. The molecule has 0 N–H and O–H groups in total. The molecular formula is C10H12N2O. The van der Waals surface area contributed by atoms with Crippen molar-refractivity contribution in [1.29, 1.82) is 0 Å². The van der Waals surface area contributed by atoms with E-state index in [1.165, 1.54) is 0 Å². The summed E-state index contributed by atoms with van der Waals surface area (Å²) in [6.45, 7) is 3.93. The number of carbonyl (C=O) groups excluding carboxylic acids is 1. The molecule has 1 fully saturated rings. The topological polar surface area (TPSA) is 33.2 Å². The number of hydrogen-bond acceptors (Lipinski definition) is 2. The van der Waals surface area contributed by atoms with Crippen molar-refractivity contribution in [2.24, 2.45) is 5.92 Å². The molecule has 3 nitrogen and oxygen atoms in total. The fourth-order valence-electron chi connectivity index (χ4n) is 1.54. The number of hydrogen-bond donors (Lipinski definition) is 0. The second-order valence-electron chi connectivity index (χ2n) is 3.55. The molecule has 68 valence electrons. The maximum atomic E-state index is 11.7. The highest BCUT2D eigenvalue weighted by Crippen LogP contribution is 2.17. The lowest BCUT2D eigenvalue weighted by Gasteiger charge is -2.37. The van der Waals surface area contributed by atoms with Crippen LogP contribution < -0.4 is 0 Å². The van der Waals surface area contributed by atoms with Gasteiger partial charge in [0.1, 0.15) is 0 Å². The van der Waals surface area contributed by atoms with Crippen LogP contribution in [0.25, 0.3) is 0 Å². The molecule has 0 radical (unpaired) electrons. The maximum absolute atomic E-state index is 11.7. The van der Waals surface area contributed by atoms with E-state index >= 15 is 0 Å². The van der Waals surface area contributed by atoms with Crippen LogP contribution in [-0.2, 0) is 0 Å². The zero-order valence-corrected chi connectivity index (χ0v) is 7.60. The van der Waals surface area contributed by atoms with E-state index < -0.39 is 0 Å². The third kappa shape index (κ3) is 1.54. The van der Waals surface area contributed by atoms with Crippen LogP contribution in [0.4, 0.5) is 0 Å². The predicted molar refractivity (Wildman–Crippen MR) is 49.3 cm³/mol. The Labute approximate surface area is 77.4 Å². The monoisotopic (exact) mass is 176 g/mol. The maximum Gasteiger partial charge on any atom is 0.253 e. The van der Waals surface area contributed by atoms with Crippen molar-refractivity contribution in [2.45, 2.75) is 6.92 Å². The number of rotatable bonds is 1. The number of likely N-dealkylation sites (tertiary alicyclic amines) is 1. The normalized spacial score (nSPS) is 16.8. The van der Waals surface area contributed by atoms with Gasteiger partial charge in [0.05, 0.1) is 0 Å². The average molecular weight is 176 g/mol. The summed E-state index contributed by atoms with van der Waals surface area (Å²) in [5.41, 5.74) is 0.738. The highest BCUT2D eigenvalue weighted by Gasteiger charge is 2.27. The fraction of sp³-hybridized carbons (Fsp3) is 0.400. The van der Waals surface area contributed by atoms with Crippen molar-refractivity contribution >= 4 is 5.91 Å². The summed E-state index contributed by atoms with van der Waals surface area (Å²) < 4.78 is 0. The second-order valence-corrected chi connectivity index (χ2v) is 3.55. The van der Waals surface area contributed by atoms with Gasteiger partial charge in [-0.3, -0.25) is 9.78 Å². The first kappa shape index (κ1) is 8.23. The minimum atomic E-state index is 0.125. The molecule has 0 atom stereocenters. The number of carbonyl (C=O) groups is 1. The SMILES string of the molecule is CC1CN(C(=O)c2ccncc2)C1. The highest BCUT2D eigenvalue weighted by molar-refractivity contribution is 5.94. The molecule has 0 spiro atoms. The van der Waals surface area contributed by atoms with Crippen molar-refractivity contribution in [3.05, 3.63) is 30.1 Å². The summed E-state index contributed by atoms with van der Waals surface area (Å²) >= 11 is 0. The molecule has 1 amide bonds. The first-order valence-corrected chi connectivity index (χ1v) is 4.46. The predicted octanol–water partition coefficient (Wildman–Crippen LogP) is 1.17. The summed E-state index contributed by atoms with van der Waals surface area (Å²) in [7, 11) is 0. The van der Waals surface area contributed by atoms with Crippen LogP contribution in [0.15, 0.2) is 24.5 Å². The summed E-state index contributed by atoms with van der Waals surface area (Å²) in [6, 6.07) is 3.51. The molecular weight excluding hydrogens is 164 g/mol.